The standard InChI is InChI=1S/C11H23N5OS/c1-9(2)7-12-5-6-16-11(13-14-15-16)18-8-10(3)17-4/h9-10,12H,5-8H2,1-4H3. The minimum Gasteiger partial charge on any atom is -0.381 e. The zero-order chi connectivity index (χ0) is 13.4. The van der Waals surface area contributed by atoms with Crippen LogP contribution in [0.25, 0.3) is 0 Å². The van der Waals surface area contributed by atoms with Crippen LogP contribution < -0.4 is 5.32 Å². The van der Waals surface area contributed by atoms with Gasteiger partial charge in [-0.2, -0.15) is 0 Å². The van der Waals surface area contributed by atoms with Crippen molar-refractivity contribution >= 4 is 11.8 Å². The monoisotopic (exact) mass is 273 g/mol. The van der Waals surface area contributed by atoms with E-state index < -0.39 is 0 Å². The van der Waals surface area contributed by atoms with Gasteiger partial charge in [-0.3, -0.25) is 0 Å². The number of ether oxygens (including phenoxy) is 1. The van der Waals surface area contributed by atoms with Crippen LogP contribution in [0.1, 0.15) is 20.8 Å². The van der Waals surface area contributed by atoms with Gasteiger partial charge in [-0.25, -0.2) is 4.68 Å². The minimum atomic E-state index is 0.208. The first-order chi connectivity index (χ1) is 8.63. The fourth-order valence-corrected chi connectivity index (χ4v) is 2.17. The second kappa shape index (κ2) is 8.44. The van der Waals surface area contributed by atoms with E-state index in [1.807, 2.05) is 11.6 Å². The third-order valence-corrected chi connectivity index (χ3v) is 3.59. The summed E-state index contributed by atoms with van der Waals surface area (Å²) in [4.78, 5) is 0. The average Bonchev–Trinajstić information content (AvgIpc) is 2.79. The van der Waals surface area contributed by atoms with Crippen LogP contribution >= 0.6 is 11.8 Å². The number of aromatic nitrogens is 4. The van der Waals surface area contributed by atoms with Gasteiger partial charge in [0.15, 0.2) is 0 Å². The molecule has 0 bridgehead atoms. The number of nitrogens with zero attached hydrogens (tertiary/aromatic N) is 4. The molecule has 104 valence electrons. The van der Waals surface area contributed by atoms with E-state index >= 15 is 0 Å². The van der Waals surface area contributed by atoms with Crippen molar-refractivity contribution in [1.29, 1.82) is 0 Å². The molecule has 0 aromatic carbocycles. The van der Waals surface area contributed by atoms with E-state index in [0.29, 0.717) is 5.92 Å². The number of rotatable bonds is 9. The molecule has 1 rings (SSSR count). The molecule has 0 radical (unpaired) electrons. The molecule has 18 heavy (non-hydrogen) atoms. The minimum absolute atomic E-state index is 0.208. The van der Waals surface area contributed by atoms with E-state index in [-0.39, 0.29) is 6.10 Å². The largest absolute Gasteiger partial charge is 0.381 e. The van der Waals surface area contributed by atoms with Crippen molar-refractivity contribution in [3.05, 3.63) is 0 Å². The van der Waals surface area contributed by atoms with Gasteiger partial charge in [0.25, 0.3) is 0 Å². The van der Waals surface area contributed by atoms with Gasteiger partial charge in [0, 0.05) is 19.4 Å². The van der Waals surface area contributed by atoms with Crippen LogP contribution in [0.4, 0.5) is 0 Å². The fraction of sp³-hybridized carbons (Fsp3) is 0.909. The van der Waals surface area contributed by atoms with Gasteiger partial charge in [-0.15, -0.1) is 5.10 Å². The van der Waals surface area contributed by atoms with E-state index in [1.165, 1.54) is 0 Å². The lowest BCUT2D eigenvalue weighted by Crippen LogP contribution is -2.24. The van der Waals surface area contributed by atoms with Crippen LogP contribution in [0.2, 0.25) is 0 Å². The van der Waals surface area contributed by atoms with Crippen molar-refractivity contribution < 1.29 is 4.74 Å². The first kappa shape index (κ1) is 15.4. The zero-order valence-electron chi connectivity index (χ0n) is 11.6. The Morgan fingerprint density at radius 2 is 2.17 bits per heavy atom. The molecule has 0 spiro atoms. The summed E-state index contributed by atoms with van der Waals surface area (Å²) in [5.74, 6) is 1.52. The Hall–Kier alpha value is -0.660. The Morgan fingerprint density at radius 1 is 1.39 bits per heavy atom. The predicted molar refractivity (Wildman–Crippen MR) is 72.7 cm³/mol. The van der Waals surface area contributed by atoms with Gasteiger partial charge in [-0.1, -0.05) is 25.6 Å². The van der Waals surface area contributed by atoms with Crippen molar-refractivity contribution in [3.8, 4) is 0 Å². The molecule has 1 heterocycles. The van der Waals surface area contributed by atoms with Crippen LogP contribution in [0.15, 0.2) is 5.16 Å². The molecule has 0 aliphatic rings. The van der Waals surface area contributed by atoms with Gasteiger partial charge in [-0.05, 0) is 29.8 Å². The molecule has 0 saturated heterocycles. The molecular formula is C11H23N5OS. The summed E-state index contributed by atoms with van der Waals surface area (Å²) in [7, 11) is 1.71. The molecule has 1 atom stereocenters. The fourth-order valence-electron chi connectivity index (χ4n) is 1.28. The lowest BCUT2D eigenvalue weighted by Gasteiger charge is -2.09. The quantitative estimate of drug-likeness (QED) is 0.536. The summed E-state index contributed by atoms with van der Waals surface area (Å²) in [5.41, 5.74) is 0. The molecule has 1 aromatic rings. The summed E-state index contributed by atoms with van der Waals surface area (Å²) < 4.78 is 7.04. The molecule has 7 heteroatoms. The Bertz CT molecular complexity index is 331. The number of hydrogen-bond donors (Lipinski definition) is 1. The molecule has 1 unspecified atom stereocenters. The lowest BCUT2D eigenvalue weighted by atomic mass is 10.2. The number of tetrazole rings is 1. The number of methoxy groups -OCH3 is 1. The van der Waals surface area contributed by atoms with E-state index in [9.17, 15) is 0 Å². The lowest BCUT2D eigenvalue weighted by molar-refractivity contribution is 0.137. The highest BCUT2D eigenvalue weighted by Crippen LogP contribution is 2.15. The second-order valence-corrected chi connectivity index (χ2v) is 5.63. The first-order valence-electron chi connectivity index (χ1n) is 6.26. The normalized spacial score (nSPS) is 13.2. The number of hydrogen-bond acceptors (Lipinski definition) is 6. The van der Waals surface area contributed by atoms with Crippen LogP contribution in [-0.2, 0) is 11.3 Å². The Labute approximate surface area is 113 Å². The summed E-state index contributed by atoms with van der Waals surface area (Å²) in [5, 5.41) is 15.9. The van der Waals surface area contributed by atoms with Crippen molar-refractivity contribution in [1.82, 2.24) is 25.5 Å². The van der Waals surface area contributed by atoms with E-state index in [1.54, 1.807) is 18.9 Å². The third-order valence-electron chi connectivity index (χ3n) is 2.40. The number of nitrogens with one attached hydrogen (secondary N) is 1. The van der Waals surface area contributed by atoms with Crippen LogP contribution in [-0.4, -0.2) is 52.3 Å². The van der Waals surface area contributed by atoms with Gasteiger partial charge in [0.1, 0.15) is 0 Å². The van der Waals surface area contributed by atoms with Crippen LogP contribution in [0.5, 0.6) is 0 Å². The highest BCUT2D eigenvalue weighted by Gasteiger charge is 2.08. The molecule has 0 aliphatic carbocycles. The SMILES string of the molecule is COC(C)CSc1nnnn1CCNCC(C)C. The second-order valence-electron chi connectivity index (χ2n) is 4.64. The van der Waals surface area contributed by atoms with Crippen LogP contribution in [0.3, 0.4) is 0 Å². The molecule has 6 nitrogen and oxygen atoms in total. The maximum absolute atomic E-state index is 5.20. The summed E-state index contributed by atoms with van der Waals surface area (Å²) in [6.45, 7) is 9.12. The third kappa shape index (κ3) is 5.79. The van der Waals surface area contributed by atoms with E-state index in [4.69, 9.17) is 4.74 Å². The van der Waals surface area contributed by atoms with Crippen molar-refractivity contribution in [2.75, 3.05) is 26.0 Å². The zero-order valence-corrected chi connectivity index (χ0v) is 12.4. The molecule has 0 amide bonds. The van der Waals surface area contributed by atoms with E-state index in [0.717, 1.165) is 30.5 Å². The molecule has 0 aliphatic heterocycles. The maximum Gasteiger partial charge on any atom is 0.209 e. The maximum atomic E-state index is 5.20. The van der Waals surface area contributed by atoms with E-state index in [2.05, 4.69) is 34.7 Å². The highest BCUT2D eigenvalue weighted by molar-refractivity contribution is 7.99. The molecule has 0 saturated carbocycles. The first-order valence-corrected chi connectivity index (χ1v) is 7.24. The van der Waals surface area contributed by atoms with Crippen LogP contribution in [0, 0.1) is 5.92 Å². The Kier molecular flexibility index (Phi) is 7.22. The summed E-state index contributed by atoms with van der Waals surface area (Å²) in [6.07, 6.45) is 0.208. The predicted octanol–water partition coefficient (Wildman–Crippen LogP) is 1.05. The Balaban J connectivity index is 2.31. The molecule has 1 aromatic heterocycles. The topological polar surface area (TPSA) is 64.9 Å². The number of thioether (sulfide) groups is 1. The van der Waals surface area contributed by atoms with Crippen molar-refractivity contribution in [2.45, 2.75) is 38.6 Å². The molecular weight excluding hydrogens is 250 g/mol. The van der Waals surface area contributed by atoms with Crippen molar-refractivity contribution in [3.63, 3.8) is 0 Å². The van der Waals surface area contributed by atoms with Gasteiger partial charge >= 0.3 is 0 Å². The summed E-state index contributed by atoms with van der Waals surface area (Å²) >= 11 is 1.62. The molecule has 1 N–H and O–H groups in total. The smallest absolute Gasteiger partial charge is 0.209 e. The van der Waals surface area contributed by atoms with Gasteiger partial charge < -0.3 is 10.1 Å². The summed E-state index contributed by atoms with van der Waals surface area (Å²) in [6, 6.07) is 0. The Morgan fingerprint density at radius 3 is 2.83 bits per heavy atom. The molecule has 0 fully saturated rings. The highest BCUT2D eigenvalue weighted by atomic mass is 32.2. The average molecular weight is 273 g/mol. The van der Waals surface area contributed by atoms with Gasteiger partial charge in [0.2, 0.25) is 5.16 Å². The van der Waals surface area contributed by atoms with Gasteiger partial charge in [0.05, 0.1) is 12.6 Å². The van der Waals surface area contributed by atoms with Crippen molar-refractivity contribution in [2.24, 2.45) is 5.92 Å².